The lowest BCUT2D eigenvalue weighted by Gasteiger charge is -2.24. The molecule has 1 aromatic heterocycles. The summed E-state index contributed by atoms with van der Waals surface area (Å²) >= 11 is 12.7. The highest BCUT2D eigenvalue weighted by molar-refractivity contribution is 6.36. The summed E-state index contributed by atoms with van der Waals surface area (Å²) in [7, 11) is 0. The average molecular weight is 519 g/mol. The highest BCUT2D eigenvalue weighted by Gasteiger charge is 2.35. The van der Waals surface area contributed by atoms with E-state index in [2.05, 4.69) is 25.3 Å². The lowest BCUT2D eigenvalue weighted by molar-refractivity contribution is -0.274. The summed E-state index contributed by atoms with van der Waals surface area (Å²) in [6, 6.07) is 3.11. The van der Waals surface area contributed by atoms with Crippen LogP contribution >= 0.6 is 23.2 Å². The molecule has 3 amide bonds. The second-order valence-electron chi connectivity index (χ2n) is 8.07. The van der Waals surface area contributed by atoms with Gasteiger partial charge in [-0.25, -0.2) is 9.97 Å². The Kier molecular flexibility index (Phi) is 7.37. The topological polar surface area (TPSA) is 110 Å². The summed E-state index contributed by atoms with van der Waals surface area (Å²) in [5.74, 6) is -2.62. The number of carbonyl (C=O) groups is 3. The van der Waals surface area contributed by atoms with Gasteiger partial charge in [-0.3, -0.25) is 19.7 Å². The van der Waals surface area contributed by atoms with Gasteiger partial charge in [0.05, 0.1) is 18.3 Å². The largest absolute Gasteiger partial charge is 0.573 e. The van der Waals surface area contributed by atoms with E-state index < -0.39 is 35.3 Å². The number of ether oxygens (including phenoxy) is 1. The fraction of sp³-hybridized carbons (Fsp3) is 0.381. The van der Waals surface area contributed by atoms with Gasteiger partial charge in [0, 0.05) is 28.6 Å². The Morgan fingerprint density at radius 2 is 1.76 bits per heavy atom. The van der Waals surface area contributed by atoms with E-state index in [1.54, 1.807) is 12.1 Å². The number of piperidine rings is 1. The van der Waals surface area contributed by atoms with Gasteiger partial charge in [-0.05, 0) is 38.0 Å². The number of carbonyl (C=O) groups excluding carboxylic acids is 3. The van der Waals surface area contributed by atoms with Crippen molar-refractivity contribution in [3.63, 3.8) is 0 Å². The molecule has 1 fully saturated rings. The molecule has 1 aliphatic heterocycles. The minimum Gasteiger partial charge on any atom is -0.402 e. The van der Waals surface area contributed by atoms with E-state index in [0.717, 1.165) is 12.4 Å². The van der Waals surface area contributed by atoms with Crippen molar-refractivity contribution in [2.75, 3.05) is 0 Å². The van der Waals surface area contributed by atoms with Crippen molar-refractivity contribution in [3.05, 3.63) is 51.5 Å². The number of hydrogen-bond donors (Lipinski definition) is 2. The summed E-state index contributed by atoms with van der Waals surface area (Å²) in [5, 5.41) is 5.38. The highest BCUT2D eigenvalue weighted by atomic mass is 35.5. The predicted octanol–water partition coefficient (Wildman–Crippen LogP) is 3.80. The third-order valence-electron chi connectivity index (χ3n) is 5.17. The van der Waals surface area contributed by atoms with Crippen molar-refractivity contribution < 1.29 is 32.3 Å². The van der Waals surface area contributed by atoms with Crippen molar-refractivity contribution >= 4 is 40.9 Å². The van der Waals surface area contributed by atoms with Gasteiger partial charge in [0.15, 0.2) is 5.75 Å². The van der Waals surface area contributed by atoms with Crippen LogP contribution in [0.2, 0.25) is 10.0 Å². The van der Waals surface area contributed by atoms with Crippen LogP contribution in [0.15, 0.2) is 24.5 Å². The molecule has 1 saturated heterocycles. The molecule has 0 saturated carbocycles. The molecule has 0 aliphatic carbocycles. The number of aromatic nitrogens is 2. The van der Waals surface area contributed by atoms with Gasteiger partial charge in [-0.2, -0.15) is 0 Å². The first-order chi connectivity index (χ1) is 15.8. The molecule has 8 nitrogen and oxygen atoms in total. The monoisotopic (exact) mass is 518 g/mol. The van der Waals surface area contributed by atoms with E-state index in [0.29, 0.717) is 11.1 Å². The predicted molar refractivity (Wildman–Crippen MR) is 115 cm³/mol. The van der Waals surface area contributed by atoms with Crippen LogP contribution in [-0.2, 0) is 26.3 Å². The Morgan fingerprint density at radius 1 is 1.18 bits per heavy atom. The van der Waals surface area contributed by atoms with Gasteiger partial charge in [0.1, 0.15) is 11.2 Å². The van der Waals surface area contributed by atoms with Gasteiger partial charge in [-0.15, -0.1) is 13.2 Å². The van der Waals surface area contributed by atoms with Crippen molar-refractivity contribution in [3.8, 4) is 5.75 Å². The normalized spacial score (nSPS) is 16.7. The Labute approximate surface area is 202 Å². The number of rotatable bonds is 6. The van der Waals surface area contributed by atoms with Gasteiger partial charge >= 0.3 is 6.36 Å². The maximum absolute atomic E-state index is 12.8. The minimum atomic E-state index is -4.88. The molecule has 0 spiro atoms. The van der Waals surface area contributed by atoms with Crippen LogP contribution in [0.3, 0.4) is 0 Å². The SMILES string of the molecule is CC(C)(C(=O)NCc1cc(Cl)c(C2CCC(=O)NC2=O)c(Cl)c1)c1ncc(OC(F)(F)F)cn1. The van der Waals surface area contributed by atoms with Crippen molar-refractivity contribution in [1.29, 1.82) is 0 Å². The zero-order valence-corrected chi connectivity index (χ0v) is 19.4. The second-order valence-corrected chi connectivity index (χ2v) is 8.89. The first-order valence-electron chi connectivity index (χ1n) is 9.96. The first kappa shape index (κ1) is 25.7. The molecule has 34 heavy (non-hydrogen) atoms. The molecule has 0 bridgehead atoms. The number of benzene rings is 1. The molecule has 2 heterocycles. The summed E-state index contributed by atoms with van der Waals surface area (Å²) in [5.41, 5.74) is -0.333. The van der Waals surface area contributed by atoms with Crippen molar-refractivity contribution in [2.24, 2.45) is 0 Å². The van der Waals surface area contributed by atoms with E-state index in [4.69, 9.17) is 23.2 Å². The Hall–Kier alpha value is -2.92. The lowest BCUT2D eigenvalue weighted by Crippen LogP contribution is -2.41. The smallest absolute Gasteiger partial charge is 0.402 e. The van der Waals surface area contributed by atoms with Gasteiger partial charge < -0.3 is 10.1 Å². The van der Waals surface area contributed by atoms with Crippen LogP contribution in [-0.4, -0.2) is 34.1 Å². The molecule has 3 rings (SSSR count). The molecule has 1 aliphatic rings. The Bertz CT molecular complexity index is 1100. The summed E-state index contributed by atoms with van der Waals surface area (Å²) < 4.78 is 40.6. The van der Waals surface area contributed by atoms with Crippen molar-refractivity contribution in [2.45, 2.75) is 50.9 Å². The fourth-order valence-corrected chi connectivity index (χ4v) is 4.17. The number of alkyl halides is 3. The standard InChI is InChI=1S/C21H19Cl2F3N4O4/c1-20(2,18-27-8-11(9-28-18)34-21(24,25)26)19(33)29-7-10-5-13(22)16(14(23)6-10)12-3-4-15(31)30-17(12)32/h5-6,8-9,12H,3-4,7H2,1-2H3,(H,29,33)(H,30,31,32). The van der Waals surface area contributed by atoms with E-state index in [1.807, 2.05) is 0 Å². The van der Waals surface area contributed by atoms with E-state index in [9.17, 15) is 27.6 Å². The molecule has 1 unspecified atom stereocenters. The zero-order chi connectivity index (χ0) is 25.3. The highest BCUT2D eigenvalue weighted by Crippen LogP contribution is 2.37. The molecule has 0 radical (unpaired) electrons. The summed E-state index contributed by atoms with van der Waals surface area (Å²) in [6.45, 7) is 3.04. The molecule has 182 valence electrons. The Morgan fingerprint density at radius 3 is 2.29 bits per heavy atom. The quantitative estimate of drug-likeness (QED) is 0.562. The number of nitrogens with one attached hydrogen (secondary N) is 2. The number of amides is 3. The second kappa shape index (κ2) is 9.75. The van der Waals surface area contributed by atoms with E-state index >= 15 is 0 Å². The third kappa shape index (κ3) is 5.95. The summed E-state index contributed by atoms with van der Waals surface area (Å²) in [4.78, 5) is 43.9. The van der Waals surface area contributed by atoms with Gasteiger partial charge in [0.25, 0.3) is 0 Å². The lowest BCUT2D eigenvalue weighted by atomic mass is 9.89. The number of nitrogens with zero attached hydrogens (tertiary/aromatic N) is 2. The zero-order valence-electron chi connectivity index (χ0n) is 17.9. The van der Waals surface area contributed by atoms with Gasteiger partial charge in [0.2, 0.25) is 17.7 Å². The first-order valence-corrected chi connectivity index (χ1v) is 10.7. The van der Waals surface area contributed by atoms with Crippen LogP contribution in [0.5, 0.6) is 5.75 Å². The fourth-order valence-electron chi connectivity index (χ4n) is 3.37. The molecular weight excluding hydrogens is 500 g/mol. The number of halogens is 5. The number of imide groups is 1. The maximum Gasteiger partial charge on any atom is 0.573 e. The average Bonchev–Trinajstić information content (AvgIpc) is 2.72. The molecule has 2 N–H and O–H groups in total. The van der Waals surface area contributed by atoms with Crippen LogP contribution in [0.1, 0.15) is 49.6 Å². The number of hydrogen-bond acceptors (Lipinski definition) is 6. The van der Waals surface area contributed by atoms with E-state index in [-0.39, 0.29) is 41.2 Å². The van der Waals surface area contributed by atoms with Crippen molar-refractivity contribution in [1.82, 2.24) is 20.6 Å². The molecular formula is C21H19Cl2F3N4O4. The molecule has 1 aromatic carbocycles. The Balaban J connectivity index is 1.69. The van der Waals surface area contributed by atoms with Crippen LogP contribution in [0, 0.1) is 0 Å². The maximum atomic E-state index is 12.8. The van der Waals surface area contributed by atoms with E-state index in [1.165, 1.54) is 13.8 Å². The molecule has 13 heteroatoms. The van der Waals surface area contributed by atoms with Gasteiger partial charge in [-0.1, -0.05) is 23.2 Å². The van der Waals surface area contributed by atoms with Crippen LogP contribution in [0.4, 0.5) is 13.2 Å². The minimum absolute atomic E-state index is 0.0104. The molecule has 2 aromatic rings. The molecule has 1 atom stereocenters. The van der Waals surface area contributed by atoms with Crippen LogP contribution in [0.25, 0.3) is 0 Å². The summed E-state index contributed by atoms with van der Waals surface area (Å²) in [6.07, 6.45) is -2.77. The van der Waals surface area contributed by atoms with Crippen LogP contribution < -0.4 is 15.4 Å². The third-order valence-corrected chi connectivity index (χ3v) is 5.79.